The highest BCUT2D eigenvalue weighted by atomic mass is 19.1. The van der Waals surface area contributed by atoms with E-state index in [-0.39, 0.29) is 23.2 Å². The van der Waals surface area contributed by atoms with E-state index in [0.717, 1.165) is 84.2 Å². The number of halogens is 1. The number of carbonyl (C=O) groups excluding carboxylic acids is 2. The minimum Gasteiger partial charge on any atom is -0.496 e. The van der Waals surface area contributed by atoms with Gasteiger partial charge in [-0.1, -0.05) is 32.9 Å². The highest BCUT2D eigenvalue weighted by Crippen LogP contribution is 2.36. The van der Waals surface area contributed by atoms with Crippen LogP contribution < -0.4 is 30.3 Å². The summed E-state index contributed by atoms with van der Waals surface area (Å²) in [6.07, 6.45) is 7.17. The second-order valence-corrected chi connectivity index (χ2v) is 13.9. The monoisotopic (exact) mass is 717 g/mol. The van der Waals surface area contributed by atoms with Crippen LogP contribution >= 0.6 is 0 Å². The van der Waals surface area contributed by atoms with Gasteiger partial charge in [0.05, 0.1) is 7.11 Å². The summed E-state index contributed by atoms with van der Waals surface area (Å²) >= 11 is 0. The van der Waals surface area contributed by atoms with Crippen molar-refractivity contribution >= 4 is 18.0 Å². The molecule has 3 saturated heterocycles. The number of ether oxygens (including phenoxy) is 2. The van der Waals surface area contributed by atoms with Crippen LogP contribution in [-0.2, 0) is 16.0 Å². The Morgan fingerprint density at radius 2 is 1.61 bits per heavy atom. The lowest BCUT2D eigenvalue weighted by Crippen LogP contribution is -2.43. The molecule has 0 saturated carbocycles. The van der Waals surface area contributed by atoms with Crippen LogP contribution in [0.15, 0.2) is 36.4 Å². The van der Waals surface area contributed by atoms with E-state index < -0.39 is 0 Å². The molecule has 2 amide bonds. The SMILES string of the molecule is C1CCNC1.CO.CO.COc1ccc(CCC(CCNC=O)Oc2cc(F)cc(N3CCNCC3)c2)cc1C1CCN(C(=O)C(C)(C)C)CC1. The predicted molar refractivity (Wildman–Crippen MR) is 202 cm³/mol. The Bertz CT molecular complexity index is 1270. The fraction of sp³-hybridized carbons (Fsp3) is 0.641. The van der Waals surface area contributed by atoms with Gasteiger partial charge in [-0.25, -0.2) is 4.39 Å². The third-order valence-corrected chi connectivity index (χ3v) is 9.20. The number of carbonyl (C=O) groups is 2. The summed E-state index contributed by atoms with van der Waals surface area (Å²) in [6.45, 7) is 13.8. The van der Waals surface area contributed by atoms with E-state index in [1.165, 1.54) is 43.1 Å². The summed E-state index contributed by atoms with van der Waals surface area (Å²) in [7, 11) is 3.70. The molecule has 3 aliphatic rings. The molecule has 2 aromatic rings. The average Bonchev–Trinajstić information content (AvgIpc) is 3.76. The van der Waals surface area contributed by atoms with E-state index in [2.05, 4.69) is 33.0 Å². The number of anilines is 1. The molecule has 51 heavy (non-hydrogen) atoms. The maximum Gasteiger partial charge on any atom is 0.227 e. The largest absolute Gasteiger partial charge is 0.496 e. The van der Waals surface area contributed by atoms with Gasteiger partial charge in [0.1, 0.15) is 23.4 Å². The van der Waals surface area contributed by atoms with Crippen LogP contribution in [-0.4, -0.2) is 114 Å². The maximum absolute atomic E-state index is 14.6. The number of rotatable bonds is 12. The number of aliphatic hydroxyl groups is 2. The molecule has 5 rings (SSSR count). The number of piperidine rings is 1. The van der Waals surface area contributed by atoms with Crippen molar-refractivity contribution < 1.29 is 33.7 Å². The van der Waals surface area contributed by atoms with Gasteiger partial charge in [0.15, 0.2) is 0 Å². The number of benzene rings is 2. The van der Waals surface area contributed by atoms with Gasteiger partial charge in [-0.15, -0.1) is 0 Å². The fourth-order valence-corrected chi connectivity index (χ4v) is 6.56. The Hall–Kier alpha value is -3.45. The Morgan fingerprint density at radius 1 is 0.961 bits per heavy atom. The molecule has 12 heteroatoms. The first-order valence-electron chi connectivity index (χ1n) is 18.3. The van der Waals surface area contributed by atoms with Crippen molar-refractivity contribution in [3.63, 3.8) is 0 Å². The average molecular weight is 718 g/mol. The number of aliphatic hydroxyl groups excluding tert-OH is 2. The number of amides is 2. The third-order valence-electron chi connectivity index (χ3n) is 9.20. The zero-order valence-corrected chi connectivity index (χ0v) is 31.8. The van der Waals surface area contributed by atoms with Crippen LogP contribution in [0.4, 0.5) is 10.1 Å². The van der Waals surface area contributed by atoms with Crippen LogP contribution in [0.5, 0.6) is 11.5 Å². The first-order valence-corrected chi connectivity index (χ1v) is 18.3. The normalized spacial score (nSPS) is 16.6. The van der Waals surface area contributed by atoms with Crippen molar-refractivity contribution in [3.05, 3.63) is 53.3 Å². The molecular formula is C39H64FN5O6. The standard InChI is InChI=1S/C33H47FN4O4.C4H9N.2CH4O/c1-33(2,3)32(40)38-15-10-25(11-16-38)30-19-24(6-8-31(30)41-4)5-7-28(9-12-36-23-39)42-29-21-26(34)20-27(22-29)37-17-13-35-14-18-37;1-2-4-5-3-1;2*1-2/h6,8,19-23,25,28,35H,5,7,9-18H2,1-4H3,(H,36,39);5H,1-4H2;2*2H,1H3. The van der Waals surface area contributed by atoms with E-state index in [0.29, 0.717) is 37.5 Å². The molecule has 3 aliphatic heterocycles. The molecule has 1 unspecified atom stereocenters. The minimum atomic E-state index is -0.373. The molecule has 5 N–H and O–H groups in total. The van der Waals surface area contributed by atoms with Gasteiger partial charge in [0, 0.05) is 89.7 Å². The number of hydrogen-bond acceptors (Lipinski definition) is 9. The highest BCUT2D eigenvalue weighted by Gasteiger charge is 2.31. The highest BCUT2D eigenvalue weighted by molar-refractivity contribution is 5.81. The van der Waals surface area contributed by atoms with E-state index >= 15 is 0 Å². The van der Waals surface area contributed by atoms with Crippen molar-refractivity contribution in [3.8, 4) is 11.5 Å². The summed E-state index contributed by atoms with van der Waals surface area (Å²) in [6, 6.07) is 11.3. The number of likely N-dealkylation sites (tertiary alicyclic amines) is 1. The summed E-state index contributed by atoms with van der Waals surface area (Å²) in [4.78, 5) is 27.8. The van der Waals surface area contributed by atoms with Gasteiger partial charge in [-0.2, -0.15) is 0 Å². The molecule has 3 heterocycles. The van der Waals surface area contributed by atoms with Crippen LogP contribution in [0, 0.1) is 11.2 Å². The molecule has 2 aromatic carbocycles. The Balaban J connectivity index is 0.000000893. The maximum atomic E-state index is 14.6. The van der Waals surface area contributed by atoms with Gasteiger partial charge in [-0.3, -0.25) is 9.59 Å². The predicted octanol–water partition coefficient (Wildman–Crippen LogP) is 4.10. The molecule has 11 nitrogen and oxygen atoms in total. The van der Waals surface area contributed by atoms with Gasteiger partial charge in [0.25, 0.3) is 0 Å². The van der Waals surface area contributed by atoms with Crippen LogP contribution in [0.1, 0.15) is 76.3 Å². The molecule has 0 bridgehead atoms. The molecule has 0 aliphatic carbocycles. The Labute approximate surface area is 305 Å². The molecule has 0 radical (unpaired) electrons. The topological polar surface area (TPSA) is 136 Å². The second-order valence-electron chi connectivity index (χ2n) is 13.9. The van der Waals surface area contributed by atoms with Crippen LogP contribution in [0.3, 0.4) is 0 Å². The van der Waals surface area contributed by atoms with E-state index in [4.69, 9.17) is 19.7 Å². The number of nitrogens with zero attached hydrogens (tertiary/aromatic N) is 2. The number of nitrogens with one attached hydrogen (secondary N) is 3. The summed E-state index contributed by atoms with van der Waals surface area (Å²) in [5.41, 5.74) is 2.81. The van der Waals surface area contributed by atoms with Gasteiger partial charge < -0.3 is 45.4 Å². The molecule has 0 spiro atoms. The van der Waals surface area contributed by atoms with Crippen molar-refractivity contribution in [1.82, 2.24) is 20.9 Å². The number of aryl methyl sites for hydroxylation is 1. The first kappa shape index (κ1) is 43.7. The third kappa shape index (κ3) is 15.0. The van der Waals surface area contributed by atoms with E-state index in [1.54, 1.807) is 13.2 Å². The van der Waals surface area contributed by atoms with Gasteiger partial charge >= 0.3 is 0 Å². The Morgan fingerprint density at radius 3 is 2.18 bits per heavy atom. The van der Waals surface area contributed by atoms with E-state index in [9.17, 15) is 14.0 Å². The van der Waals surface area contributed by atoms with Crippen molar-refractivity contribution in [2.75, 3.05) is 85.1 Å². The minimum absolute atomic E-state index is 0.202. The van der Waals surface area contributed by atoms with Crippen LogP contribution in [0.2, 0.25) is 0 Å². The lowest BCUT2D eigenvalue weighted by Gasteiger charge is -2.36. The molecule has 0 aromatic heterocycles. The van der Waals surface area contributed by atoms with Gasteiger partial charge in [0.2, 0.25) is 12.3 Å². The lowest BCUT2D eigenvalue weighted by molar-refractivity contribution is -0.140. The molecular weight excluding hydrogens is 653 g/mol. The number of hydrogen-bond donors (Lipinski definition) is 5. The molecule has 288 valence electrons. The summed E-state index contributed by atoms with van der Waals surface area (Å²) in [5, 5.41) is 23.3. The number of methoxy groups -OCH3 is 1. The number of piperazine rings is 1. The van der Waals surface area contributed by atoms with Gasteiger partial charge in [-0.05, 0) is 80.8 Å². The van der Waals surface area contributed by atoms with E-state index in [1.807, 2.05) is 37.8 Å². The van der Waals surface area contributed by atoms with Crippen LogP contribution in [0.25, 0.3) is 0 Å². The lowest BCUT2D eigenvalue weighted by atomic mass is 9.86. The zero-order chi connectivity index (χ0) is 37.6. The quantitative estimate of drug-likeness (QED) is 0.163. The van der Waals surface area contributed by atoms with Crippen molar-refractivity contribution in [2.45, 2.75) is 77.7 Å². The van der Waals surface area contributed by atoms with Crippen molar-refractivity contribution in [1.29, 1.82) is 0 Å². The smallest absolute Gasteiger partial charge is 0.227 e. The Kier molecular flexibility index (Phi) is 20.5. The second kappa shape index (κ2) is 23.9. The fourth-order valence-electron chi connectivity index (χ4n) is 6.56. The zero-order valence-electron chi connectivity index (χ0n) is 31.8. The summed E-state index contributed by atoms with van der Waals surface area (Å²) < 4.78 is 26.7. The molecule has 1 atom stereocenters. The van der Waals surface area contributed by atoms with Crippen molar-refractivity contribution in [2.24, 2.45) is 5.41 Å². The summed E-state index contributed by atoms with van der Waals surface area (Å²) in [5.74, 6) is 1.59. The molecule has 3 fully saturated rings. The first-order chi connectivity index (χ1) is 24.7.